The van der Waals surface area contributed by atoms with Gasteiger partial charge in [0.05, 0.1) is 34.7 Å². The molecule has 1 aliphatic heterocycles. The van der Waals surface area contributed by atoms with Crippen LogP contribution in [0.25, 0.3) is 5.78 Å². The van der Waals surface area contributed by atoms with Crippen molar-refractivity contribution in [2.45, 2.75) is 43.9 Å². The van der Waals surface area contributed by atoms with E-state index >= 15 is 0 Å². The third-order valence-corrected chi connectivity index (χ3v) is 6.56. The average molecular weight is 534 g/mol. The number of hydrogen-bond donors (Lipinski definition) is 5. The maximum atomic E-state index is 13.8. The first-order chi connectivity index (χ1) is 17.7. The van der Waals surface area contributed by atoms with Crippen molar-refractivity contribution in [2.24, 2.45) is 0 Å². The van der Waals surface area contributed by atoms with Gasteiger partial charge in [-0.2, -0.15) is 20.2 Å². The largest absolute Gasteiger partial charge is 0.465 e. The second-order valence-corrected chi connectivity index (χ2v) is 9.26. The highest BCUT2D eigenvalue weighted by Gasteiger charge is 2.31. The van der Waals surface area contributed by atoms with E-state index < -0.39 is 24.7 Å². The Balaban J connectivity index is 1.48. The highest BCUT2D eigenvalue weighted by molar-refractivity contribution is 6.36. The zero-order valence-corrected chi connectivity index (χ0v) is 20.0. The highest BCUT2D eigenvalue weighted by atomic mass is 35.5. The lowest BCUT2D eigenvalue weighted by atomic mass is 10.0. The molecule has 0 radical (unpaired) electrons. The maximum absolute atomic E-state index is 13.8. The first-order valence-electron chi connectivity index (χ1n) is 11.5. The molecule has 0 unspecified atom stereocenters. The van der Waals surface area contributed by atoms with Crippen molar-refractivity contribution in [3.63, 3.8) is 0 Å². The van der Waals surface area contributed by atoms with Gasteiger partial charge in [-0.05, 0) is 31.4 Å². The predicted octanol–water partition coefficient (Wildman–Crippen LogP) is 3.11. The van der Waals surface area contributed by atoms with Gasteiger partial charge in [-0.3, -0.25) is 4.40 Å². The average Bonchev–Trinajstić information content (AvgIpc) is 3.56. The number of amides is 1. The van der Waals surface area contributed by atoms with E-state index in [1.54, 1.807) is 9.30 Å². The van der Waals surface area contributed by atoms with Crippen LogP contribution in [0.2, 0.25) is 5.02 Å². The quantitative estimate of drug-likeness (QED) is 0.305. The molecule has 194 valence electrons. The van der Waals surface area contributed by atoms with Gasteiger partial charge in [0.2, 0.25) is 17.7 Å². The second-order valence-electron chi connectivity index (χ2n) is 8.88. The van der Waals surface area contributed by atoms with Gasteiger partial charge < -0.3 is 31.1 Å². The number of halogens is 3. The number of nitrogens with zero attached hydrogens (tertiary/aromatic N) is 6. The van der Waals surface area contributed by atoms with Gasteiger partial charge in [-0.25, -0.2) is 13.6 Å². The molecule has 15 heteroatoms. The van der Waals surface area contributed by atoms with Gasteiger partial charge in [0.1, 0.15) is 6.07 Å². The first-order valence-corrected chi connectivity index (χ1v) is 11.8. The fourth-order valence-electron chi connectivity index (χ4n) is 4.18. The van der Waals surface area contributed by atoms with E-state index in [0.29, 0.717) is 5.95 Å². The van der Waals surface area contributed by atoms with Crippen LogP contribution in [-0.4, -0.2) is 66.9 Å². The SMILES string of the molecule is N#Cc1cn2c(NC3CC3)nc(Nc3cc(C(F)F)cc(N4CC[C@@H](NC(=O)O)[C@@H](O)C4)c3Cl)nc2n1. The number of nitriles is 1. The number of alkyl halides is 2. The van der Waals surface area contributed by atoms with E-state index in [1.807, 2.05) is 6.07 Å². The van der Waals surface area contributed by atoms with E-state index in [9.17, 15) is 23.9 Å². The Morgan fingerprint density at radius 2 is 2.03 bits per heavy atom. The third-order valence-electron chi connectivity index (χ3n) is 6.16. The summed E-state index contributed by atoms with van der Waals surface area (Å²) >= 11 is 6.64. The molecule has 3 heterocycles. The lowest BCUT2D eigenvalue weighted by molar-refractivity contribution is 0.108. The van der Waals surface area contributed by atoms with Gasteiger partial charge in [0.15, 0.2) is 5.69 Å². The maximum Gasteiger partial charge on any atom is 0.404 e. The van der Waals surface area contributed by atoms with Crippen LogP contribution in [0, 0.1) is 11.3 Å². The molecule has 2 fully saturated rings. The zero-order valence-electron chi connectivity index (χ0n) is 19.2. The van der Waals surface area contributed by atoms with Crippen LogP contribution in [0.5, 0.6) is 0 Å². The molecule has 1 aliphatic carbocycles. The summed E-state index contributed by atoms with van der Waals surface area (Å²) in [6.45, 7) is 0.260. The molecular weight excluding hydrogens is 512 g/mol. The molecule has 3 aromatic rings. The molecule has 1 aromatic carbocycles. The summed E-state index contributed by atoms with van der Waals surface area (Å²) in [7, 11) is 0. The van der Waals surface area contributed by atoms with Crippen LogP contribution in [0.1, 0.15) is 36.9 Å². The van der Waals surface area contributed by atoms with Crippen molar-refractivity contribution in [1.29, 1.82) is 5.26 Å². The van der Waals surface area contributed by atoms with Crippen LogP contribution in [0.15, 0.2) is 18.3 Å². The molecule has 1 saturated carbocycles. The minimum Gasteiger partial charge on any atom is -0.465 e. The number of imidazole rings is 1. The molecule has 5 N–H and O–H groups in total. The summed E-state index contributed by atoms with van der Waals surface area (Å²) < 4.78 is 29.2. The van der Waals surface area contributed by atoms with Crippen molar-refractivity contribution in [1.82, 2.24) is 24.7 Å². The highest BCUT2D eigenvalue weighted by Crippen LogP contribution is 2.39. The standard InChI is InChI=1S/C22H22ClF2N9O3/c23-17-14(29-19-31-20(27-11-1-2-11)34-8-12(7-26)28-21(34)32-19)5-10(18(24)25)6-15(17)33-4-3-13(16(35)9-33)30-22(36)37/h5-6,8,11,13,16,18,30,35H,1-4,9H2,(H,36,37)(H2,27,28,29,31,32)/t13-,16+/m1/s1. The van der Waals surface area contributed by atoms with Crippen LogP contribution in [0.3, 0.4) is 0 Å². The summed E-state index contributed by atoms with van der Waals surface area (Å²) in [5.74, 6) is 0.616. The Morgan fingerprint density at radius 3 is 2.68 bits per heavy atom. The Bertz CT molecular complexity index is 1390. The molecule has 5 rings (SSSR count). The summed E-state index contributed by atoms with van der Waals surface area (Å²) in [5.41, 5.74) is 0.195. The molecular formula is C22H22ClF2N9O3. The van der Waals surface area contributed by atoms with Gasteiger partial charge in [-0.1, -0.05) is 11.6 Å². The van der Waals surface area contributed by atoms with Crippen molar-refractivity contribution in [3.05, 3.63) is 34.6 Å². The van der Waals surface area contributed by atoms with E-state index in [0.717, 1.165) is 12.8 Å². The Labute approximate surface area is 213 Å². The normalized spacial score (nSPS) is 19.6. The summed E-state index contributed by atoms with van der Waals surface area (Å²) in [5, 5.41) is 37.1. The number of aromatic nitrogens is 4. The number of aliphatic hydroxyl groups excluding tert-OH is 1. The molecule has 12 nitrogen and oxygen atoms in total. The van der Waals surface area contributed by atoms with Gasteiger partial charge in [-0.15, -0.1) is 0 Å². The summed E-state index contributed by atoms with van der Waals surface area (Å²) in [4.78, 5) is 25.5. The molecule has 2 atom stereocenters. The number of carboxylic acid groups (broad SMARTS) is 1. The topological polar surface area (TPSA) is 164 Å². The van der Waals surface area contributed by atoms with Crippen LogP contribution in [0.4, 0.5) is 36.8 Å². The number of aliphatic hydroxyl groups is 1. The minimum absolute atomic E-state index is 0.0142. The van der Waals surface area contributed by atoms with Crippen molar-refractivity contribution in [2.75, 3.05) is 28.6 Å². The Morgan fingerprint density at radius 1 is 1.24 bits per heavy atom. The van der Waals surface area contributed by atoms with E-state index in [1.165, 1.54) is 18.3 Å². The first kappa shape index (κ1) is 24.7. The zero-order chi connectivity index (χ0) is 26.3. The number of fused-ring (bicyclic) bond motifs is 1. The van der Waals surface area contributed by atoms with Gasteiger partial charge >= 0.3 is 6.09 Å². The molecule has 0 spiro atoms. The Kier molecular flexibility index (Phi) is 6.57. The second kappa shape index (κ2) is 9.83. The van der Waals surface area contributed by atoms with E-state index in [4.69, 9.17) is 16.7 Å². The minimum atomic E-state index is -2.81. The molecule has 1 amide bonds. The summed E-state index contributed by atoms with van der Waals surface area (Å²) in [6.07, 6.45) is -1.45. The number of rotatable bonds is 7. The fourth-order valence-corrected chi connectivity index (χ4v) is 4.45. The van der Waals surface area contributed by atoms with Crippen LogP contribution >= 0.6 is 11.6 Å². The Hall–Kier alpha value is -3.96. The van der Waals surface area contributed by atoms with Crippen molar-refractivity contribution >= 4 is 46.7 Å². The number of anilines is 4. The molecule has 0 bridgehead atoms. The smallest absolute Gasteiger partial charge is 0.404 e. The number of hydrogen-bond acceptors (Lipinski definition) is 9. The molecule has 1 saturated heterocycles. The third kappa shape index (κ3) is 5.27. The number of benzene rings is 1. The molecule has 2 aromatic heterocycles. The lowest BCUT2D eigenvalue weighted by Gasteiger charge is -2.37. The lowest BCUT2D eigenvalue weighted by Crippen LogP contribution is -2.54. The number of nitrogens with one attached hydrogen (secondary N) is 3. The fraction of sp³-hybridized carbons (Fsp3) is 0.409. The van der Waals surface area contributed by atoms with E-state index in [-0.39, 0.29) is 64.9 Å². The van der Waals surface area contributed by atoms with E-state index in [2.05, 4.69) is 30.9 Å². The van der Waals surface area contributed by atoms with Gasteiger partial charge in [0.25, 0.3) is 6.43 Å². The van der Waals surface area contributed by atoms with Crippen molar-refractivity contribution in [3.8, 4) is 6.07 Å². The van der Waals surface area contributed by atoms with Gasteiger partial charge in [0, 0.05) is 24.7 Å². The monoisotopic (exact) mass is 533 g/mol. The summed E-state index contributed by atoms with van der Waals surface area (Å²) in [6, 6.07) is 3.93. The molecule has 2 aliphatic rings. The predicted molar refractivity (Wildman–Crippen MR) is 130 cm³/mol. The van der Waals surface area contributed by atoms with Crippen molar-refractivity contribution < 1.29 is 23.8 Å². The molecule has 37 heavy (non-hydrogen) atoms. The number of piperidine rings is 1. The number of β-amino-alcohol motifs (C(OH)–C–C–N with tert-alkyl or cyclic N) is 1. The number of carbonyl (C=O) groups is 1. The van der Waals surface area contributed by atoms with Crippen LogP contribution in [-0.2, 0) is 0 Å². The van der Waals surface area contributed by atoms with Crippen LogP contribution < -0.4 is 20.9 Å².